The predicted octanol–water partition coefficient (Wildman–Crippen LogP) is 5.13. The van der Waals surface area contributed by atoms with Gasteiger partial charge in [0.25, 0.3) is 5.82 Å². The van der Waals surface area contributed by atoms with E-state index in [0.29, 0.717) is 0 Å². The number of aliphatic imine (C=N–C) groups is 1. The number of hydrogen-bond acceptors (Lipinski definition) is 4. The van der Waals surface area contributed by atoms with Gasteiger partial charge in [-0.1, -0.05) is 24.3 Å². The fourth-order valence-corrected chi connectivity index (χ4v) is 3.91. The molecule has 30 heavy (non-hydrogen) atoms. The van der Waals surface area contributed by atoms with Crippen LogP contribution >= 0.6 is 0 Å². The van der Waals surface area contributed by atoms with Gasteiger partial charge in [0.15, 0.2) is 11.9 Å². The summed E-state index contributed by atoms with van der Waals surface area (Å²) in [5.41, 5.74) is 3.84. The number of nitrogens with zero attached hydrogens (tertiary/aromatic N) is 5. The van der Waals surface area contributed by atoms with Crippen LogP contribution in [0.4, 0.5) is 11.5 Å². The average molecular weight is 388 g/mol. The van der Waals surface area contributed by atoms with Crippen molar-refractivity contribution in [3.63, 3.8) is 0 Å². The molecule has 0 bridgehead atoms. The lowest BCUT2D eigenvalue weighted by Crippen LogP contribution is -2.35. The highest BCUT2D eigenvalue weighted by atomic mass is 15.4. The minimum atomic E-state index is 0.250. The van der Waals surface area contributed by atoms with E-state index >= 15 is 0 Å². The van der Waals surface area contributed by atoms with Crippen molar-refractivity contribution in [1.82, 2.24) is 24.4 Å². The topological polar surface area (TPSA) is 66.8 Å². The number of para-hydroxylation sites is 1. The molecule has 6 nitrogen and oxygen atoms in total. The van der Waals surface area contributed by atoms with Crippen molar-refractivity contribution >= 4 is 39.6 Å². The fourth-order valence-electron chi connectivity index (χ4n) is 3.91. The molecule has 5 aromatic rings. The SMILES string of the molecule is [C]1=C[N+](c2ccc3ncccc3c2)(c2c[nH]c(-c3cccc4cccnc34)n2)C=N1. The third-order valence-corrected chi connectivity index (χ3v) is 5.42. The van der Waals surface area contributed by atoms with Crippen LogP contribution in [-0.4, -0.2) is 26.3 Å². The van der Waals surface area contributed by atoms with Crippen molar-refractivity contribution in [1.29, 1.82) is 0 Å². The molecule has 1 N–H and O–H groups in total. The number of rotatable bonds is 3. The lowest BCUT2D eigenvalue weighted by Gasteiger charge is -2.23. The summed E-state index contributed by atoms with van der Waals surface area (Å²) in [6, 6.07) is 20.3. The van der Waals surface area contributed by atoms with Gasteiger partial charge in [0, 0.05) is 40.9 Å². The van der Waals surface area contributed by atoms with Crippen LogP contribution in [-0.2, 0) is 0 Å². The largest absolute Gasteiger partial charge is 0.339 e. The number of hydrogen-bond donors (Lipinski definition) is 1. The van der Waals surface area contributed by atoms with Gasteiger partial charge in [-0.05, 0) is 24.3 Å². The maximum absolute atomic E-state index is 4.94. The summed E-state index contributed by atoms with van der Waals surface area (Å²) < 4.78 is 0.250. The first-order valence-electron chi connectivity index (χ1n) is 9.62. The van der Waals surface area contributed by atoms with Gasteiger partial charge in [-0.3, -0.25) is 9.97 Å². The van der Waals surface area contributed by atoms with Gasteiger partial charge in [-0.2, -0.15) is 14.5 Å². The molecule has 1 radical (unpaired) electrons. The quantitative estimate of drug-likeness (QED) is 0.436. The molecule has 4 heterocycles. The smallest absolute Gasteiger partial charge is 0.261 e. The van der Waals surface area contributed by atoms with Crippen molar-refractivity contribution in [2.75, 3.05) is 0 Å². The second kappa shape index (κ2) is 6.43. The Morgan fingerprint density at radius 3 is 2.63 bits per heavy atom. The minimum Gasteiger partial charge on any atom is -0.339 e. The average Bonchev–Trinajstić information content (AvgIpc) is 3.49. The number of benzene rings is 2. The van der Waals surface area contributed by atoms with Crippen LogP contribution in [0.2, 0.25) is 0 Å². The van der Waals surface area contributed by atoms with E-state index in [2.05, 4.69) is 56.5 Å². The normalized spacial score (nSPS) is 17.9. The third-order valence-electron chi connectivity index (χ3n) is 5.42. The molecule has 3 aromatic heterocycles. The van der Waals surface area contributed by atoms with Crippen LogP contribution in [0.15, 0.2) is 90.4 Å². The molecular formula is C24H16N6+. The number of fused-ring (bicyclic) bond motifs is 2. The second-order valence-corrected chi connectivity index (χ2v) is 7.15. The monoisotopic (exact) mass is 388 g/mol. The summed E-state index contributed by atoms with van der Waals surface area (Å²) in [5, 5.41) is 2.14. The Labute approximate surface area is 172 Å². The van der Waals surface area contributed by atoms with Crippen molar-refractivity contribution in [3.8, 4) is 11.4 Å². The summed E-state index contributed by atoms with van der Waals surface area (Å²) >= 11 is 0. The number of quaternary nitrogens is 1. The first-order chi connectivity index (χ1) is 14.8. The molecule has 0 fully saturated rings. The van der Waals surface area contributed by atoms with E-state index in [1.165, 1.54) is 0 Å². The van der Waals surface area contributed by atoms with Gasteiger partial charge >= 0.3 is 0 Å². The summed E-state index contributed by atoms with van der Waals surface area (Å²) in [7, 11) is 0. The lowest BCUT2D eigenvalue weighted by atomic mass is 10.1. The zero-order valence-corrected chi connectivity index (χ0v) is 15.9. The van der Waals surface area contributed by atoms with Crippen LogP contribution < -0.4 is 4.48 Å². The number of nitrogens with one attached hydrogen (secondary N) is 1. The Balaban J connectivity index is 1.51. The van der Waals surface area contributed by atoms with E-state index < -0.39 is 0 Å². The van der Waals surface area contributed by atoms with Gasteiger partial charge < -0.3 is 4.98 Å². The molecule has 2 aromatic carbocycles. The van der Waals surface area contributed by atoms with Gasteiger partial charge in [0.2, 0.25) is 6.34 Å². The van der Waals surface area contributed by atoms with Gasteiger partial charge in [-0.25, -0.2) is 0 Å². The van der Waals surface area contributed by atoms with E-state index in [1.807, 2.05) is 49.1 Å². The van der Waals surface area contributed by atoms with Crippen LogP contribution in [0.3, 0.4) is 0 Å². The van der Waals surface area contributed by atoms with Gasteiger partial charge in [0.05, 0.1) is 17.2 Å². The highest BCUT2D eigenvalue weighted by Gasteiger charge is 2.36. The molecule has 1 unspecified atom stereocenters. The number of pyridine rings is 2. The van der Waals surface area contributed by atoms with E-state index in [1.54, 1.807) is 12.4 Å². The Morgan fingerprint density at radius 2 is 1.73 bits per heavy atom. The molecule has 0 spiro atoms. The molecule has 0 aliphatic carbocycles. The molecule has 1 aliphatic rings. The first kappa shape index (κ1) is 16.8. The van der Waals surface area contributed by atoms with Crippen molar-refractivity contribution in [2.45, 2.75) is 0 Å². The fraction of sp³-hybridized carbons (Fsp3) is 0. The van der Waals surface area contributed by atoms with Crippen molar-refractivity contribution < 1.29 is 0 Å². The van der Waals surface area contributed by atoms with E-state index in [-0.39, 0.29) is 4.48 Å². The molecule has 1 atom stereocenters. The third kappa shape index (κ3) is 2.48. The minimum absolute atomic E-state index is 0.250. The van der Waals surface area contributed by atoms with Gasteiger partial charge in [0.1, 0.15) is 12.0 Å². The molecule has 0 saturated carbocycles. The van der Waals surface area contributed by atoms with Gasteiger partial charge in [-0.15, -0.1) is 0 Å². The predicted molar refractivity (Wildman–Crippen MR) is 119 cm³/mol. The molecule has 1 aliphatic heterocycles. The molecule has 0 saturated heterocycles. The molecule has 141 valence electrons. The molecule has 6 rings (SSSR count). The van der Waals surface area contributed by atoms with E-state index in [4.69, 9.17) is 4.98 Å². The number of aromatic nitrogens is 4. The van der Waals surface area contributed by atoms with Crippen LogP contribution in [0.25, 0.3) is 33.2 Å². The maximum Gasteiger partial charge on any atom is 0.261 e. The van der Waals surface area contributed by atoms with E-state index in [0.717, 1.165) is 44.7 Å². The lowest BCUT2D eigenvalue weighted by molar-refractivity contribution is 0.746. The number of H-pyrrole nitrogens is 1. The Morgan fingerprint density at radius 1 is 0.867 bits per heavy atom. The van der Waals surface area contributed by atoms with E-state index in [9.17, 15) is 0 Å². The molecule has 0 amide bonds. The number of aromatic amines is 1. The van der Waals surface area contributed by atoms with Crippen molar-refractivity contribution in [2.24, 2.45) is 4.99 Å². The Hall–Kier alpha value is -4.16. The molecule has 6 heteroatoms. The Kier molecular flexibility index (Phi) is 3.60. The zero-order chi connectivity index (χ0) is 20.0. The summed E-state index contributed by atoms with van der Waals surface area (Å²) in [6.45, 7) is 0. The Bertz CT molecular complexity index is 1450. The second-order valence-electron chi connectivity index (χ2n) is 7.15. The zero-order valence-electron chi connectivity index (χ0n) is 15.9. The van der Waals surface area contributed by atoms with Crippen LogP contribution in [0, 0.1) is 6.20 Å². The summed E-state index contributed by atoms with van der Waals surface area (Å²) in [6.07, 6.45) is 12.2. The highest BCUT2D eigenvalue weighted by molar-refractivity contribution is 5.93. The highest BCUT2D eigenvalue weighted by Crippen LogP contribution is 2.37. The summed E-state index contributed by atoms with van der Waals surface area (Å²) in [5.74, 6) is 1.57. The summed E-state index contributed by atoms with van der Waals surface area (Å²) in [4.78, 5) is 21.5. The standard InChI is InChI=1S/C24H16N6/c1-4-17-5-2-11-27-23(17)20(7-1)24-28-15-22(29-24)30(13-12-25-16-30)19-8-9-21-18(14-19)6-3-10-26-21/h1-11,13-16H,(H,28,29)/q+1. The maximum atomic E-state index is 4.94. The number of imidazole rings is 1. The van der Waals surface area contributed by atoms with Crippen LogP contribution in [0.1, 0.15) is 0 Å². The molecular weight excluding hydrogens is 372 g/mol. The van der Waals surface area contributed by atoms with Crippen LogP contribution in [0.5, 0.6) is 0 Å². The first-order valence-corrected chi connectivity index (χ1v) is 9.62. The van der Waals surface area contributed by atoms with Crippen molar-refractivity contribution in [3.05, 3.63) is 91.7 Å².